The molecule has 0 aliphatic rings. The maximum atomic E-state index is 12.4. The molecule has 0 bridgehead atoms. The molecule has 1 amide bonds. The van der Waals surface area contributed by atoms with E-state index in [9.17, 15) is 9.59 Å². The third kappa shape index (κ3) is 9.58. The number of anilines is 3. The van der Waals surface area contributed by atoms with Gasteiger partial charge in [0.25, 0.3) is 0 Å². The van der Waals surface area contributed by atoms with Gasteiger partial charge in [-0.25, -0.2) is 9.97 Å². The molecule has 0 aliphatic heterocycles. The second kappa shape index (κ2) is 17.1. The number of aromatic nitrogens is 2. The van der Waals surface area contributed by atoms with Crippen molar-refractivity contribution >= 4 is 40.0 Å². The van der Waals surface area contributed by atoms with Gasteiger partial charge in [-0.05, 0) is 57.0 Å². The molecule has 3 aromatic rings. The number of amides is 1. The van der Waals surface area contributed by atoms with Gasteiger partial charge in [-0.15, -0.1) is 0 Å². The second-order valence-corrected chi connectivity index (χ2v) is 10.2. The van der Waals surface area contributed by atoms with Crippen molar-refractivity contribution in [1.82, 2.24) is 14.9 Å². The molecular formula is C32H45N5O5. The minimum absolute atomic E-state index is 0.221. The van der Waals surface area contributed by atoms with Crippen LogP contribution in [0.5, 0.6) is 17.2 Å². The molecule has 0 radical (unpaired) electrons. The van der Waals surface area contributed by atoms with E-state index in [1.54, 1.807) is 25.3 Å². The molecule has 0 spiro atoms. The van der Waals surface area contributed by atoms with E-state index in [0.29, 0.717) is 52.6 Å². The first-order valence-electron chi connectivity index (χ1n) is 15.0. The molecule has 0 aliphatic carbocycles. The Morgan fingerprint density at radius 2 is 1.62 bits per heavy atom. The van der Waals surface area contributed by atoms with Crippen LogP contribution in [0.4, 0.5) is 17.2 Å². The van der Waals surface area contributed by atoms with E-state index in [2.05, 4.69) is 39.3 Å². The van der Waals surface area contributed by atoms with Crippen LogP contribution in [0.15, 0.2) is 36.7 Å². The Morgan fingerprint density at radius 1 is 0.905 bits per heavy atom. The van der Waals surface area contributed by atoms with Crippen LogP contribution in [0.2, 0.25) is 0 Å². The van der Waals surface area contributed by atoms with Crippen LogP contribution in [0, 0.1) is 0 Å². The van der Waals surface area contributed by atoms with E-state index in [1.165, 1.54) is 38.9 Å². The highest BCUT2D eigenvalue weighted by molar-refractivity contribution is 5.96. The number of fused-ring (bicyclic) bond motifs is 1. The lowest BCUT2D eigenvalue weighted by molar-refractivity contribution is -0.134. The molecule has 0 fully saturated rings. The van der Waals surface area contributed by atoms with E-state index in [1.807, 2.05) is 19.1 Å². The number of para-hydroxylation sites is 1. The molecular weight excluding hydrogens is 534 g/mol. The van der Waals surface area contributed by atoms with Crippen molar-refractivity contribution < 1.29 is 23.8 Å². The van der Waals surface area contributed by atoms with Crippen LogP contribution in [-0.4, -0.2) is 60.1 Å². The lowest BCUT2D eigenvalue weighted by atomic mass is 10.2. The smallest absolute Gasteiger partial charge is 0.311 e. The molecule has 42 heavy (non-hydrogen) atoms. The number of hydrogen-bond donors (Lipinski definition) is 2. The van der Waals surface area contributed by atoms with Crippen molar-refractivity contribution in [3.63, 3.8) is 0 Å². The SMILES string of the molecule is CCCCN(CCCC)CCCOc1cc2c(Nc3cccc(NC(C)=O)c3OC(=O)CCC)ncnc2cc1OC. The predicted molar refractivity (Wildman–Crippen MR) is 167 cm³/mol. The first-order valence-corrected chi connectivity index (χ1v) is 15.0. The van der Waals surface area contributed by atoms with Crippen LogP contribution in [-0.2, 0) is 9.59 Å². The summed E-state index contributed by atoms with van der Waals surface area (Å²) in [6, 6.07) is 8.89. The molecule has 1 heterocycles. The van der Waals surface area contributed by atoms with Crippen LogP contribution in [0.25, 0.3) is 10.9 Å². The third-order valence-electron chi connectivity index (χ3n) is 6.70. The van der Waals surface area contributed by atoms with Gasteiger partial charge < -0.3 is 29.7 Å². The lowest BCUT2D eigenvalue weighted by Gasteiger charge is -2.22. The molecule has 0 saturated heterocycles. The Morgan fingerprint density at radius 3 is 2.29 bits per heavy atom. The zero-order valence-corrected chi connectivity index (χ0v) is 25.6. The zero-order chi connectivity index (χ0) is 30.3. The lowest BCUT2D eigenvalue weighted by Crippen LogP contribution is -2.28. The summed E-state index contributed by atoms with van der Waals surface area (Å²) in [5, 5.41) is 6.72. The number of benzene rings is 2. The fraction of sp³-hybridized carbons (Fsp3) is 0.500. The van der Waals surface area contributed by atoms with Gasteiger partial charge in [-0.1, -0.05) is 39.7 Å². The van der Waals surface area contributed by atoms with Gasteiger partial charge in [0.15, 0.2) is 17.2 Å². The number of methoxy groups -OCH3 is 1. The summed E-state index contributed by atoms with van der Waals surface area (Å²) < 4.78 is 17.5. The highest BCUT2D eigenvalue weighted by Gasteiger charge is 2.18. The summed E-state index contributed by atoms with van der Waals surface area (Å²) in [5.74, 6) is 1.22. The minimum Gasteiger partial charge on any atom is -0.493 e. The fourth-order valence-electron chi connectivity index (χ4n) is 4.54. The number of esters is 1. The third-order valence-corrected chi connectivity index (χ3v) is 6.70. The van der Waals surface area contributed by atoms with Crippen LogP contribution in [0.3, 0.4) is 0 Å². The molecule has 3 rings (SSSR count). The molecule has 0 saturated carbocycles. The number of rotatable bonds is 18. The predicted octanol–water partition coefficient (Wildman–Crippen LogP) is 6.72. The van der Waals surface area contributed by atoms with Crippen molar-refractivity contribution in [3.8, 4) is 17.2 Å². The van der Waals surface area contributed by atoms with E-state index in [0.717, 1.165) is 26.1 Å². The normalized spacial score (nSPS) is 11.0. The average Bonchev–Trinajstić information content (AvgIpc) is 2.97. The quantitative estimate of drug-likeness (QED) is 0.0963. The van der Waals surface area contributed by atoms with E-state index < -0.39 is 5.97 Å². The van der Waals surface area contributed by atoms with Gasteiger partial charge in [-0.2, -0.15) is 0 Å². The monoisotopic (exact) mass is 579 g/mol. The summed E-state index contributed by atoms with van der Waals surface area (Å²) >= 11 is 0. The molecule has 2 aromatic carbocycles. The van der Waals surface area contributed by atoms with Gasteiger partial charge in [0.05, 0.1) is 30.6 Å². The Labute approximate surface area is 249 Å². The standard InChI is InChI=1S/C32H45N5O5/c1-6-9-16-37(17-10-7-2)18-12-19-41-29-20-24-27(21-28(29)40-5)33-22-34-32(24)36-26-15-11-14-25(35-23(4)38)31(26)42-30(39)13-8-3/h11,14-15,20-22H,6-10,12-13,16-19H2,1-5H3,(H,35,38)(H,33,34,36). The first-order chi connectivity index (χ1) is 20.4. The number of nitrogens with one attached hydrogen (secondary N) is 2. The number of carbonyl (C=O) groups is 2. The van der Waals surface area contributed by atoms with Gasteiger partial charge in [-0.3, -0.25) is 9.59 Å². The molecule has 10 heteroatoms. The van der Waals surface area contributed by atoms with Crippen molar-refractivity contribution in [2.45, 2.75) is 72.6 Å². The molecule has 2 N–H and O–H groups in total. The molecule has 228 valence electrons. The van der Waals surface area contributed by atoms with E-state index in [4.69, 9.17) is 14.2 Å². The number of hydrogen-bond acceptors (Lipinski definition) is 9. The molecule has 0 atom stereocenters. The van der Waals surface area contributed by atoms with Gasteiger partial charge in [0.2, 0.25) is 5.91 Å². The minimum atomic E-state index is -0.394. The Balaban J connectivity index is 1.86. The van der Waals surface area contributed by atoms with Gasteiger partial charge in [0.1, 0.15) is 12.1 Å². The van der Waals surface area contributed by atoms with E-state index in [-0.39, 0.29) is 18.1 Å². The van der Waals surface area contributed by atoms with Crippen molar-refractivity contribution in [3.05, 3.63) is 36.7 Å². The highest BCUT2D eigenvalue weighted by Crippen LogP contribution is 2.39. The van der Waals surface area contributed by atoms with Crippen LogP contribution in [0.1, 0.15) is 72.6 Å². The Bertz CT molecular complexity index is 1310. The van der Waals surface area contributed by atoms with E-state index >= 15 is 0 Å². The topological polar surface area (TPSA) is 115 Å². The molecule has 0 unspecified atom stereocenters. The second-order valence-electron chi connectivity index (χ2n) is 10.2. The van der Waals surface area contributed by atoms with Crippen LogP contribution < -0.4 is 24.8 Å². The summed E-state index contributed by atoms with van der Waals surface area (Å²) in [6.45, 7) is 11.5. The maximum absolute atomic E-state index is 12.4. The molecule has 1 aromatic heterocycles. The largest absolute Gasteiger partial charge is 0.493 e. The van der Waals surface area contributed by atoms with Crippen molar-refractivity contribution in [2.75, 3.05) is 44.0 Å². The summed E-state index contributed by atoms with van der Waals surface area (Å²) in [6.07, 6.45) is 8.01. The molecule has 10 nitrogen and oxygen atoms in total. The Kier molecular flexibility index (Phi) is 13.3. The number of nitrogens with zero attached hydrogens (tertiary/aromatic N) is 3. The number of unbranched alkanes of at least 4 members (excludes halogenated alkanes) is 2. The maximum Gasteiger partial charge on any atom is 0.311 e. The summed E-state index contributed by atoms with van der Waals surface area (Å²) in [5.41, 5.74) is 1.51. The number of ether oxygens (including phenoxy) is 3. The fourth-order valence-corrected chi connectivity index (χ4v) is 4.54. The zero-order valence-electron chi connectivity index (χ0n) is 25.6. The van der Waals surface area contributed by atoms with Gasteiger partial charge >= 0.3 is 5.97 Å². The summed E-state index contributed by atoms with van der Waals surface area (Å²) in [7, 11) is 1.61. The van der Waals surface area contributed by atoms with Gasteiger partial charge in [0, 0.05) is 31.3 Å². The van der Waals surface area contributed by atoms with Crippen molar-refractivity contribution in [1.29, 1.82) is 0 Å². The number of carbonyl (C=O) groups excluding carboxylic acids is 2. The van der Waals surface area contributed by atoms with Crippen molar-refractivity contribution in [2.24, 2.45) is 0 Å². The summed E-state index contributed by atoms with van der Waals surface area (Å²) in [4.78, 5) is 35.7. The average molecular weight is 580 g/mol. The Hall–Kier alpha value is -3.92. The first kappa shape index (κ1) is 32.6. The highest BCUT2D eigenvalue weighted by atomic mass is 16.5. The van der Waals surface area contributed by atoms with Crippen LogP contribution >= 0.6 is 0 Å².